The highest BCUT2D eigenvalue weighted by molar-refractivity contribution is 5.91. The standard InChI is InChI=1S/C17H18N8O/c1-24-10-8-20-15(24)16(26)25-9-2-3-13(25)12-4-5-21-17(22-12)23-14-11-18-6-7-19-14/h4-8,10-11,13H,2-3,9H2,1H3,(H,19,21,22,23)/t13-/m1/s1. The molecule has 0 aliphatic carbocycles. The van der Waals surface area contributed by atoms with Crippen molar-refractivity contribution in [2.45, 2.75) is 18.9 Å². The molecule has 0 bridgehead atoms. The summed E-state index contributed by atoms with van der Waals surface area (Å²) in [6, 6.07) is 1.75. The van der Waals surface area contributed by atoms with Gasteiger partial charge in [0.05, 0.1) is 17.9 Å². The monoisotopic (exact) mass is 350 g/mol. The Balaban J connectivity index is 1.57. The van der Waals surface area contributed by atoms with Crippen LogP contribution in [-0.4, -0.2) is 46.8 Å². The Bertz CT molecular complexity index is 910. The second-order valence-corrected chi connectivity index (χ2v) is 6.04. The van der Waals surface area contributed by atoms with Crippen molar-refractivity contribution >= 4 is 17.7 Å². The molecule has 4 rings (SSSR count). The average molecular weight is 350 g/mol. The van der Waals surface area contributed by atoms with Crippen LogP contribution in [0.2, 0.25) is 0 Å². The molecule has 0 aromatic carbocycles. The number of carbonyl (C=O) groups excluding carboxylic acids is 1. The van der Waals surface area contributed by atoms with Gasteiger partial charge in [-0.1, -0.05) is 0 Å². The minimum absolute atomic E-state index is 0.0814. The third-order valence-electron chi connectivity index (χ3n) is 4.35. The quantitative estimate of drug-likeness (QED) is 0.764. The normalized spacial score (nSPS) is 16.7. The highest BCUT2D eigenvalue weighted by Crippen LogP contribution is 2.32. The summed E-state index contributed by atoms with van der Waals surface area (Å²) in [5, 5.41) is 3.03. The van der Waals surface area contributed by atoms with Gasteiger partial charge in [0.2, 0.25) is 5.95 Å². The lowest BCUT2D eigenvalue weighted by Crippen LogP contribution is -2.32. The molecule has 1 aliphatic rings. The first-order chi connectivity index (χ1) is 12.7. The summed E-state index contributed by atoms with van der Waals surface area (Å²) < 4.78 is 1.73. The van der Waals surface area contributed by atoms with E-state index in [4.69, 9.17) is 0 Å². The van der Waals surface area contributed by atoms with Crippen LogP contribution in [0.5, 0.6) is 0 Å². The second kappa shape index (κ2) is 6.87. The predicted octanol–water partition coefficient (Wildman–Crippen LogP) is 1.72. The van der Waals surface area contributed by atoms with Gasteiger partial charge in [-0.3, -0.25) is 9.78 Å². The van der Waals surface area contributed by atoms with Crippen LogP contribution in [0, 0.1) is 0 Å². The number of carbonyl (C=O) groups is 1. The van der Waals surface area contributed by atoms with Gasteiger partial charge < -0.3 is 14.8 Å². The van der Waals surface area contributed by atoms with E-state index in [0.717, 1.165) is 18.5 Å². The van der Waals surface area contributed by atoms with Crippen molar-refractivity contribution in [1.82, 2.24) is 34.4 Å². The summed E-state index contributed by atoms with van der Waals surface area (Å²) in [6.45, 7) is 0.688. The zero-order chi connectivity index (χ0) is 17.9. The molecule has 1 atom stereocenters. The third-order valence-corrected chi connectivity index (χ3v) is 4.35. The van der Waals surface area contributed by atoms with Gasteiger partial charge in [0, 0.05) is 44.6 Å². The number of likely N-dealkylation sites (tertiary alicyclic amines) is 1. The minimum atomic E-state index is -0.0930. The van der Waals surface area contributed by atoms with Gasteiger partial charge in [0.25, 0.3) is 5.91 Å². The molecular formula is C17H18N8O. The largest absolute Gasteiger partial charge is 0.330 e. The van der Waals surface area contributed by atoms with Crippen LogP contribution >= 0.6 is 0 Å². The smallest absolute Gasteiger partial charge is 0.290 e. The van der Waals surface area contributed by atoms with Crippen LogP contribution < -0.4 is 5.32 Å². The molecule has 0 radical (unpaired) electrons. The van der Waals surface area contributed by atoms with Crippen molar-refractivity contribution in [3.05, 3.63) is 54.8 Å². The first-order valence-corrected chi connectivity index (χ1v) is 8.36. The second-order valence-electron chi connectivity index (χ2n) is 6.04. The summed E-state index contributed by atoms with van der Waals surface area (Å²) in [7, 11) is 1.82. The number of anilines is 2. The molecule has 4 heterocycles. The number of hydrogen-bond acceptors (Lipinski definition) is 7. The highest BCUT2D eigenvalue weighted by Gasteiger charge is 2.33. The van der Waals surface area contributed by atoms with E-state index in [1.165, 1.54) is 0 Å². The van der Waals surface area contributed by atoms with Crippen molar-refractivity contribution in [2.24, 2.45) is 7.05 Å². The molecule has 1 saturated heterocycles. The maximum atomic E-state index is 12.9. The van der Waals surface area contributed by atoms with Crippen molar-refractivity contribution in [1.29, 1.82) is 0 Å². The number of rotatable bonds is 4. The van der Waals surface area contributed by atoms with Gasteiger partial charge in [-0.05, 0) is 18.9 Å². The number of nitrogens with one attached hydrogen (secondary N) is 1. The van der Waals surface area contributed by atoms with Crippen molar-refractivity contribution in [3.63, 3.8) is 0 Å². The zero-order valence-electron chi connectivity index (χ0n) is 14.3. The van der Waals surface area contributed by atoms with E-state index >= 15 is 0 Å². The molecular weight excluding hydrogens is 332 g/mol. The molecule has 0 spiro atoms. The fraction of sp³-hybridized carbons (Fsp3) is 0.294. The molecule has 0 unspecified atom stereocenters. The van der Waals surface area contributed by atoms with E-state index < -0.39 is 0 Å². The van der Waals surface area contributed by atoms with Gasteiger partial charge >= 0.3 is 0 Å². The molecule has 1 aliphatic heterocycles. The van der Waals surface area contributed by atoms with Crippen LogP contribution in [0.4, 0.5) is 11.8 Å². The Hall–Kier alpha value is -3.36. The first kappa shape index (κ1) is 16.1. The van der Waals surface area contributed by atoms with Crippen LogP contribution in [0.1, 0.15) is 35.2 Å². The van der Waals surface area contributed by atoms with E-state index in [0.29, 0.717) is 24.1 Å². The fourth-order valence-corrected chi connectivity index (χ4v) is 3.11. The number of imidazole rings is 1. The van der Waals surface area contributed by atoms with E-state index in [-0.39, 0.29) is 11.9 Å². The SMILES string of the molecule is Cn1ccnc1C(=O)N1CCC[C@@H]1c1ccnc(Nc2cnccn2)n1. The van der Waals surface area contributed by atoms with Crippen LogP contribution in [0.3, 0.4) is 0 Å². The molecule has 132 valence electrons. The van der Waals surface area contributed by atoms with Crippen LogP contribution in [-0.2, 0) is 7.05 Å². The van der Waals surface area contributed by atoms with E-state index in [1.807, 2.05) is 18.0 Å². The van der Waals surface area contributed by atoms with E-state index in [2.05, 4.69) is 30.2 Å². The number of hydrogen-bond donors (Lipinski definition) is 1. The Kier molecular flexibility index (Phi) is 4.26. The summed E-state index contributed by atoms with van der Waals surface area (Å²) in [5.41, 5.74) is 0.798. The molecule has 26 heavy (non-hydrogen) atoms. The average Bonchev–Trinajstić information content (AvgIpc) is 3.31. The lowest BCUT2D eigenvalue weighted by Gasteiger charge is -2.24. The summed E-state index contributed by atoms with van der Waals surface area (Å²) >= 11 is 0. The minimum Gasteiger partial charge on any atom is -0.330 e. The Morgan fingerprint density at radius 2 is 2.12 bits per heavy atom. The topological polar surface area (TPSA) is 102 Å². The number of aryl methyl sites for hydroxylation is 1. The molecule has 1 fully saturated rings. The summed E-state index contributed by atoms with van der Waals surface area (Å²) in [4.78, 5) is 35.8. The highest BCUT2D eigenvalue weighted by atomic mass is 16.2. The fourth-order valence-electron chi connectivity index (χ4n) is 3.11. The van der Waals surface area contributed by atoms with Gasteiger partial charge in [-0.2, -0.15) is 0 Å². The summed E-state index contributed by atoms with van der Waals surface area (Å²) in [6.07, 6.45) is 11.7. The van der Waals surface area contributed by atoms with Crippen molar-refractivity contribution < 1.29 is 4.79 Å². The molecule has 3 aromatic heterocycles. The van der Waals surface area contributed by atoms with E-state index in [1.54, 1.807) is 41.7 Å². The number of amides is 1. The van der Waals surface area contributed by atoms with Gasteiger partial charge in [0.1, 0.15) is 0 Å². The lowest BCUT2D eigenvalue weighted by molar-refractivity contribution is 0.0717. The molecule has 3 aromatic rings. The lowest BCUT2D eigenvalue weighted by atomic mass is 10.1. The molecule has 1 N–H and O–H groups in total. The molecule has 9 nitrogen and oxygen atoms in total. The summed E-state index contributed by atoms with van der Waals surface area (Å²) in [5.74, 6) is 1.35. The zero-order valence-corrected chi connectivity index (χ0v) is 14.3. The predicted molar refractivity (Wildman–Crippen MR) is 93.6 cm³/mol. The van der Waals surface area contributed by atoms with Crippen LogP contribution in [0.15, 0.2) is 43.2 Å². The van der Waals surface area contributed by atoms with Gasteiger partial charge in [-0.15, -0.1) is 0 Å². The number of nitrogens with zero attached hydrogens (tertiary/aromatic N) is 7. The molecule has 9 heteroatoms. The maximum Gasteiger partial charge on any atom is 0.290 e. The molecule has 0 saturated carbocycles. The van der Waals surface area contributed by atoms with E-state index in [9.17, 15) is 4.79 Å². The molecule has 1 amide bonds. The Labute approximate surface area is 150 Å². The Morgan fingerprint density at radius 1 is 1.19 bits per heavy atom. The third kappa shape index (κ3) is 3.10. The van der Waals surface area contributed by atoms with Crippen molar-refractivity contribution in [2.75, 3.05) is 11.9 Å². The number of aromatic nitrogens is 6. The first-order valence-electron chi connectivity index (χ1n) is 8.36. The van der Waals surface area contributed by atoms with Crippen molar-refractivity contribution in [3.8, 4) is 0 Å². The Morgan fingerprint density at radius 3 is 2.88 bits per heavy atom. The van der Waals surface area contributed by atoms with Crippen LogP contribution in [0.25, 0.3) is 0 Å². The van der Waals surface area contributed by atoms with Gasteiger partial charge in [-0.25, -0.2) is 19.9 Å². The van der Waals surface area contributed by atoms with Gasteiger partial charge in [0.15, 0.2) is 11.6 Å². The maximum absolute atomic E-state index is 12.9.